The summed E-state index contributed by atoms with van der Waals surface area (Å²) in [5.41, 5.74) is 5.46. The summed E-state index contributed by atoms with van der Waals surface area (Å²) in [4.78, 5) is 22.7. The van der Waals surface area contributed by atoms with E-state index in [1.54, 1.807) is 0 Å². The number of hydrogen-bond acceptors (Lipinski definition) is 3. The Labute approximate surface area is 75.1 Å². The minimum atomic E-state index is -1.09. The third-order valence-electron chi connectivity index (χ3n) is 1.71. The first-order valence-corrected chi connectivity index (χ1v) is 3.70. The summed E-state index contributed by atoms with van der Waals surface area (Å²) >= 11 is 0. The SMILES string of the molecule is CC(=O)N1C(N)=CC=CC1C(=O)O. The van der Waals surface area contributed by atoms with Crippen molar-refractivity contribution in [2.75, 3.05) is 0 Å². The summed E-state index contributed by atoms with van der Waals surface area (Å²) in [7, 11) is 0. The van der Waals surface area contributed by atoms with Gasteiger partial charge in [0.1, 0.15) is 5.82 Å². The number of carbonyl (C=O) groups excluding carboxylic acids is 1. The molecular weight excluding hydrogens is 172 g/mol. The largest absolute Gasteiger partial charge is 0.479 e. The first kappa shape index (κ1) is 9.31. The lowest BCUT2D eigenvalue weighted by molar-refractivity contribution is -0.145. The molecule has 1 heterocycles. The summed E-state index contributed by atoms with van der Waals surface area (Å²) in [5.74, 6) is -1.32. The lowest BCUT2D eigenvalue weighted by atomic mass is 10.1. The Bertz CT molecular complexity index is 307. The zero-order valence-electron chi connectivity index (χ0n) is 7.10. The molecule has 1 unspecified atom stereocenters. The smallest absolute Gasteiger partial charge is 0.330 e. The van der Waals surface area contributed by atoms with Crippen molar-refractivity contribution in [1.82, 2.24) is 4.90 Å². The van der Waals surface area contributed by atoms with Gasteiger partial charge in [-0.15, -0.1) is 0 Å². The third kappa shape index (κ3) is 1.69. The molecule has 1 rings (SSSR count). The Morgan fingerprint density at radius 3 is 2.62 bits per heavy atom. The Balaban J connectivity index is 2.99. The average molecular weight is 182 g/mol. The van der Waals surface area contributed by atoms with E-state index in [2.05, 4.69) is 0 Å². The molecule has 1 aliphatic rings. The van der Waals surface area contributed by atoms with Crippen LogP contribution in [0.3, 0.4) is 0 Å². The van der Waals surface area contributed by atoms with Crippen LogP contribution < -0.4 is 5.73 Å². The highest BCUT2D eigenvalue weighted by Gasteiger charge is 2.28. The lowest BCUT2D eigenvalue weighted by Crippen LogP contribution is -2.45. The molecule has 0 saturated carbocycles. The van der Waals surface area contributed by atoms with Gasteiger partial charge in [-0.25, -0.2) is 4.79 Å². The zero-order valence-corrected chi connectivity index (χ0v) is 7.10. The molecule has 0 fully saturated rings. The summed E-state index contributed by atoms with van der Waals surface area (Å²) in [5, 5.41) is 8.75. The fourth-order valence-electron chi connectivity index (χ4n) is 1.16. The van der Waals surface area contributed by atoms with Gasteiger partial charge in [0.05, 0.1) is 0 Å². The first-order chi connectivity index (χ1) is 6.04. The van der Waals surface area contributed by atoms with E-state index in [-0.39, 0.29) is 11.7 Å². The molecule has 70 valence electrons. The van der Waals surface area contributed by atoms with Crippen LogP contribution >= 0.6 is 0 Å². The minimum absolute atomic E-state index is 0.155. The average Bonchev–Trinajstić information content (AvgIpc) is 2.02. The summed E-state index contributed by atoms with van der Waals surface area (Å²) in [6.07, 6.45) is 4.41. The van der Waals surface area contributed by atoms with Crippen molar-refractivity contribution in [2.45, 2.75) is 13.0 Å². The van der Waals surface area contributed by atoms with Crippen LogP contribution in [0, 0.1) is 0 Å². The molecule has 0 aromatic carbocycles. The highest BCUT2D eigenvalue weighted by atomic mass is 16.4. The second-order valence-electron chi connectivity index (χ2n) is 2.65. The van der Waals surface area contributed by atoms with Gasteiger partial charge in [-0.05, 0) is 6.08 Å². The van der Waals surface area contributed by atoms with E-state index in [9.17, 15) is 9.59 Å². The Hall–Kier alpha value is -1.78. The van der Waals surface area contributed by atoms with Gasteiger partial charge >= 0.3 is 5.97 Å². The molecule has 0 spiro atoms. The molecule has 5 heteroatoms. The fraction of sp³-hybridized carbons (Fsp3) is 0.250. The van der Waals surface area contributed by atoms with E-state index < -0.39 is 12.0 Å². The number of aliphatic carboxylic acids is 1. The number of carbonyl (C=O) groups is 2. The van der Waals surface area contributed by atoms with E-state index in [0.717, 1.165) is 4.90 Å². The molecule has 1 atom stereocenters. The summed E-state index contributed by atoms with van der Waals surface area (Å²) in [6.45, 7) is 1.27. The number of amides is 1. The van der Waals surface area contributed by atoms with E-state index in [4.69, 9.17) is 10.8 Å². The van der Waals surface area contributed by atoms with Crippen molar-refractivity contribution in [1.29, 1.82) is 0 Å². The van der Waals surface area contributed by atoms with Crippen molar-refractivity contribution in [2.24, 2.45) is 5.73 Å². The number of nitrogens with two attached hydrogens (primary N) is 1. The van der Waals surface area contributed by atoms with Gasteiger partial charge in [-0.3, -0.25) is 9.69 Å². The standard InChI is InChI=1S/C8H10N2O3/c1-5(11)10-6(8(12)13)3-2-4-7(10)9/h2-4,6H,9H2,1H3,(H,12,13). The quantitative estimate of drug-likeness (QED) is 0.581. The Kier molecular flexibility index (Phi) is 2.36. The van der Waals surface area contributed by atoms with E-state index >= 15 is 0 Å². The number of nitrogens with zero attached hydrogens (tertiary/aromatic N) is 1. The topological polar surface area (TPSA) is 83.6 Å². The van der Waals surface area contributed by atoms with E-state index in [1.807, 2.05) is 0 Å². The highest BCUT2D eigenvalue weighted by Crippen LogP contribution is 2.12. The first-order valence-electron chi connectivity index (χ1n) is 3.70. The molecule has 0 aromatic rings. The molecule has 1 aliphatic heterocycles. The highest BCUT2D eigenvalue weighted by molar-refractivity contribution is 5.85. The molecule has 0 saturated heterocycles. The van der Waals surface area contributed by atoms with Crippen LogP contribution in [0.15, 0.2) is 24.0 Å². The maximum atomic E-state index is 11.0. The summed E-state index contributed by atoms with van der Waals surface area (Å²) < 4.78 is 0. The van der Waals surface area contributed by atoms with Gasteiger partial charge in [0, 0.05) is 6.92 Å². The molecule has 0 bridgehead atoms. The van der Waals surface area contributed by atoms with Crippen LogP contribution in [0.25, 0.3) is 0 Å². The maximum Gasteiger partial charge on any atom is 0.330 e. The number of hydrogen-bond donors (Lipinski definition) is 2. The number of carboxylic acid groups (broad SMARTS) is 1. The normalized spacial score (nSPS) is 21.2. The van der Waals surface area contributed by atoms with Crippen LogP contribution in [0.4, 0.5) is 0 Å². The van der Waals surface area contributed by atoms with E-state index in [0.29, 0.717) is 0 Å². The van der Waals surface area contributed by atoms with Crippen molar-refractivity contribution in [3.63, 3.8) is 0 Å². The molecular formula is C8H10N2O3. The van der Waals surface area contributed by atoms with Gasteiger partial charge in [0.2, 0.25) is 5.91 Å². The monoisotopic (exact) mass is 182 g/mol. The summed E-state index contributed by atoms with van der Waals surface area (Å²) in [6, 6.07) is -0.984. The third-order valence-corrected chi connectivity index (χ3v) is 1.71. The van der Waals surface area contributed by atoms with Crippen LogP contribution in [-0.2, 0) is 9.59 Å². The Morgan fingerprint density at radius 2 is 2.23 bits per heavy atom. The predicted octanol–water partition coefficient (Wildman–Crippen LogP) is -0.342. The van der Waals surface area contributed by atoms with Crippen molar-refractivity contribution in [3.8, 4) is 0 Å². The molecule has 13 heavy (non-hydrogen) atoms. The van der Waals surface area contributed by atoms with Gasteiger partial charge in [-0.2, -0.15) is 0 Å². The predicted molar refractivity (Wildman–Crippen MR) is 45.4 cm³/mol. The van der Waals surface area contributed by atoms with Gasteiger partial charge in [0.25, 0.3) is 0 Å². The molecule has 0 aliphatic carbocycles. The second kappa shape index (κ2) is 3.30. The minimum Gasteiger partial charge on any atom is -0.479 e. The van der Waals surface area contributed by atoms with Crippen molar-refractivity contribution < 1.29 is 14.7 Å². The fourth-order valence-corrected chi connectivity index (χ4v) is 1.16. The molecule has 3 N–H and O–H groups in total. The number of rotatable bonds is 1. The second-order valence-corrected chi connectivity index (χ2v) is 2.65. The van der Waals surface area contributed by atoms with Crippen molar-refractivity contribution in [3.05, 3.63) is 24.0 Å². The van der Waals surface area contributed by atoms with Gasteiger partial charge in [-0.1, -0.05) is 12.2 Å². The van der Waals surface area contributed by atoms with Crippen LogP contribution in [-0.4, -0.2) is 27.9 Å². The molecule has 0 radical (unpaired) electrons. The van der Waals surface area contributed by atoms with Gasteiger partial charge in [0.15, 0.2) is 6.04 Å². The maximum absolute atomic E-state index is 11.0. The molecule has 1 amide bonds. The Morgan fingerprint density at radius 1 is 1.62 bits per heavy atom. The molecule has 0 aromatic heterocycles. The molecule has 5 nitrogen and oxygen atoms in total. The lowest BCUT2D eigenvalue weighted by Gasteiger charge is -2.27. The zero-order chi connectivity index (χ0) is 10.0. The van der Waals surface area contributed by atoms with Gasteiger partial charge < -0.3 is 10.8 Å². The van der Waals surface area contributed by atoms with Crippen LogP contribution in [0.5, 0.6) is 0 Å². The van der Waals surface area contributed by atoms with E-state index in [1.165, 1.54) is 25.2 Å². The number of allylic oxidation sites excluding steroid dienone is 2. The van der Waals surface area contributed by atoms with Crippen LogP contribution in [0.1, 0.15) is 6.92 Å². The van der Waals surface area contributed by atoms with Crippen molar-refractivity contribution >= 4 is 11.9 Å². The van der Waals surface area contributed by atoms with Crippen LogP contribution in [0.2, 0.25) is 0 Å². The number of carboxylic acids is 1.